The first kappa shape index (κ1) is 19.4. The van der Waals surface area contributed by atoms with Crippen LogP contribution in [-0.4, -0.2) is 24.2 Å². The van der Waals surface area contributed by atoms with Crippen molar-refractivity contribution < 1.29 is 19.1 Å². The van der Waals surface area contributed by atoms with E-state index in [2.05, 4.69) is 10.9 Å². The first-order chi connectivity index (χ1) is 12.5. The maximum Gasteiger partial charge on any atom is 0.276 e. The summed E-state index contributed by atoms with van der Waals surface area (Å²) in [7, 11) is 0. The fraction of sp³-hybridized carbons (Fsp3) is 0.176. The lowest BCUT2D eigenvalue weighted by molar-refractivity contribution is -0.130. The van der Waals surface area contributed by atoms with Crippen LogP contribution in [0.1, 0.15) is 28.1 Å². The zero-order valence-electron chi connectivity index (χ0n) is 13.5. The number of nitriles is 1. The fourth-order valence-electron chi connectivity index (χ4n) is 1.88. The van der Waals surface area contributed by atoms with Gasteiger partial charge in [-0.2, -0.15) is 5.26 Å². The third kappa shape index (κ3) is 5.88. The van der Waals surface area contributed by atoms with Crippen LogP contribution in [0.5, 0.6) is 5.75 Å². The highest BCUT2D eigenvalue weighted by Crippen LogP contribution is 2.22. The average molecular weight is 392 g/mol. The van der Waals surface area contributed by atoms with E-state index in [0.29, 0.717) is 14.8 Å². The quantitative estimate of drug-likeness (QED) is 0.556. The Morgan fingerprint density at radius 3 is 2.50 bits per heavy atom. The summed E-state index contributed by atoms with van der Waals surface area (Å²) in [4.78, 5) is 35.7. The summed E-state index contributed by atoms with van der Waals surface area (Å²) in [5, 5.41) is 8.93. The molecular weight excluding hydrogens is 378 g/mol. The van der Waals surface area contributed by atoms with Crippen molar-refractivity contribution in [2.45, 2.75) is 12.8 Å². The monoisotopic (exact) mass is 391 g/mol. The smallest absolute Gasteiger partial charge is 0.276 e. The minimum atomic E-state index is -0.595. The predicted molar refractivity (Wildman–Crippen MR) is 95.8 cm³/mol. The van der Waals surface area contributed by atoms with E-state index in [1.54, 1.807) is 36.4 Å². The number of rotatable bonds is 7. The van der Waals surface area contributed by atoms with Crippen LogP contribution in [0.25, 0.3) is 0 Å². The third-order valence-corrected chi connectivity index (χ3v) is 4.41. The first-order valence-corrected chi connectivity index (χ1v) is 8.67. The molecule has 2 amide bonds. The standard InChI is InChI=1S/C17H14ClN3O4S/c18-15-7-6-14(26-15)12(22)5-8-16(23)20-21-17(24)10-25-13-4-2-1-3-11(13)9-19/h1-4,6-7H,5,8,10H2,(H,20,23)(H,21,24). The highest BCUT2D eigenvalue weighted by Gasteiger charge is 2.12. The van der Waals surface area contributed by atoms with E-state index in [0.717, 1.165) is 11.3 Å². The first-order valence-electron chi connectivity index (χ1n) is 7.47. The SMILES string of the molecule is N#Cc1ccccc1OCC(=O)NNC(=O)CCC(=O)c1ccc(Cl)s1. The number of halogens is 1. The molecular formula is C17H14ClN3O4S. The zero-order valence-corrected chi connectivity index (χ0v) is 15.0. The number of para-hydroxylation sites is 1. The Labute approximate surface area is 158 Å². The number of thiophene rings is 1. The van der Waals surface area contributed by atoms with Gasteiger partial charge in [-0.15, -0.1) is 11.3 Å². The van der Waals surface area contributed by atoms with Crippen LogP contribution in [0.15, 0.2) is 36.4 Å². The van der Waals surface area contributed by atoms with Crippen molar-refractivity contribution in [3.63, 3.8) is 0 Å². The number of ether oxygens (including phenoxy) is 1. The summed E-state index contributed by atoms with van der Waals surface area (Å²) >= 11 is 6.90. The number of carbonyl (C=O) groups excluding carboxylic acids is 3. The minimum absolute atomic E-state index is 0.00455. The van der Waals surface area contributed by atoms with Crippen LogP contribution >= 0.6 is 22.9 Å². The summed E-state index contributed by atoms with van der Waals surface area (Å²) in [5.41, 5.74) is 4.68. The van der Waals surface area contributed by atoms with Crippen LogP contribution in [0, 0.1) is 11.3 Å². The Balaban J connectivity index is 1.69. The maximum absolute atomic E-state index is 11.9. The van der Waals surface area contributed by atoms with E-state index in [9.17, 15) is 14.4 Å². The molecule has 1 heterocycles. The molecule has 0 radical (unpaired) electrons. The number of nitrogens with zero attached hydrogens (tertiary/aromatic N) is 1. The fourth-order valence-corrected chi connectivity index (χ4v) is 2.89. The molecule has 0 aliphatic heterocycles. The van der Waals surface area contributed by atoms with Crippen molar-refractivity contribution in [3.8, 4) is 11.8 Å². The van der Waals surface area contributed by atoms with Crippen molar-refractivity contribution in [1.82, 2.24) is 10.9 Å². The number of benzene rings is 1. The molecule has 0 unspecified atom stereocenters. The Kier molecular flexibility index (Phi) is 7.14. The Morgan fingerprint density at radius 2 is 1.81 bits per heavy atom. The van der Waals surface area contributed by atoms with Crippen LogP contribution in [0.4, 0.5) is 0 Å². The molecule has 0 aliphatic rings. The van der Waals surface area contributed by atoms with Gasteiger partial charge in [0.1, 0.15) is 11.8 Å². The van der Waals surface area contributed by atoms with Crippen molar-refractivity contribution in [3.05, 3.63) is 51.2 Å². The lowest BCUT2D eigenvalue weighted by Gasteiger charge is -2.09. The van der Waals surface area contributed by atoms with E-state index >= 15 is 0 Å². The van der Waals surface area contributed by atoms with Gasteiger partial charge in [-0.1, -0.05) is 23.7 Å². The maximum atomic E-state index is 11.9. The normalized spacial score (nSPS) is 9.85. The largest absolute Gasteiger partial charge is 0.482 e. The minimum Gasteiger partial charge on any atom is -0.482 e. The number of hydrogen-bond donors (Lipinski definition) is 2. The van der Waals surface area contributed by atoms with Crippen molar-refractivity contribution >= 4 is 40.5 Å². The van der Waals surface area contributed by atoms with Crippen LogP contribution < -0.4 is 15.6 Å². The predicted octanol–water partition coefficient (Wildman–Crippen LogP) is 2.46. The average Bonchev–Trinajstić information content (AvgIpc) is 3.09. The Hall–Kier alpha value is -2.89. The lowest BCUT2D eigenvalue weighted by atomic mass is 10.2. The third-order valence-electron chi connectivity index (χ3n) is 3.13. The molecule has 0 saturated carbocycles. The molecule has 0 fully saturated rings. The van der Waals surface area contributed by atoms with Gasteiger partial charge in [0, 0.05) is 12.8 Å². The highest BCUT2D eigenvalue weighted by molar-refractivity contribution is 7.18. The topological polar surface area (TPSA) is 108 Å². The number of hydrazine groups is 1. The van der Waals surface area contributed by atoms with E-state index in [1.165, 1.54) is 0 Å². The van der Waals surface area contributed by atoms with E-state index in [4.69, 9.17) is 21.6 Å². The van der Waals surface area contributed by atoms with Gasteiger partial charge in [-0.3, -0.25) is 25.2 Å². The van der Waals surface area contributed by atoms with Crippen LogP contribution in [-0.2, 0) is 9.59 Å². The molecule has 1 aromatic heterocycles. The molecule has 2 rings (SSSR count). The second-order valence-corrected chi connectivity index (χ2v) is 6.74. The molecule has 2 N–H and O–H groups in total. The zero-order chi connectivity index (χ0) is 18.9. The van der Waals surface area contributed by atoms with Crippen molar-refractivity contribution in [2.24, 2.45) is 0 Å². The van der Waals surface area contributed by atoms with E-state index in [1.807, 2.05) is 6.07 Å². The van der Waals surface area contributed by atoms with E-state index < -0.39 is 11.8 Å². The van der Waals surface area contributed by atoms with Gasteiger partial charge in [0.25, 0.3) is 5.91 Å². The molecule has 2 aromatic rings. The van der Waals surface area contributed by atoms with Gasteiger partial charge in [0.15, 0.2) is 12.4 Å². The highest BCUT2D eigenvalue weighted by atomic mass is 35.5. The number of amides is 2. The summed E-state index contributed by atoms with van der Waals surface area (Å²) in [5.74, 6) is -1.02. The van der Waals surface area contributed by atoms with Gasteiger partial charge in [0.05, 0.1) is 14.8 Å². The molecule has 26 heavy (non-hydrogen) atoms. The summed E-state index contributed by atoms with van der Waals surface area (Å²) in [6.07, 6.45) is -0.0721. The van der Waals surface area contributed by atoms with Gasteiger partial charge < -0.3 is 4.74 Å². The summed E-state index contributed by atoms with van der Waals surface area (Å²) < 4.78 is 5.73. The van der Waals surface area contributed by atoms with E-state index in [-0.39, 0.29) is 31.0 Å². The molecule has 0 atom stereocenters. The summed E-state index contributed by atoms with van der Waals surface area (Å²) in [6.45, 7) is -0.369. The van der Waals surface area contributed by atoms with Gasteiger partial charge >= 0.3 is 0 Å². The molecule has 7 nitrogen and oxygen atoms in total. The molecule has 0 aliphatic carbocycles. The summed E-state index contributed by atoms with van der Waals surface area (Å²) in [6, 6.07) is 11.6. The van der Waals surface area contributed by atoms with Crippen LogP contribution in [0.2, 0.25) is 4.34 Å². The molecule has 0 spiro atoms. The molecule has 0 bridgehead atoms. The second-order valence-electron chi connectivity index (χ2n) is 5.02. The van der Waals surface area contributed by atoms with Crippen molar-refractivity contribution in [2.75, 3.05) is 6.61 Å². The number of hydrogen-bond acceptors (Lipinski definition) is 6. The Morgan fingerprint density at radius 1 is 1.08 bits per heavy atom. The Bertz CT molecular complexity index is 860. The second kappa shape index (κ2) is 9.56. The lowest BCUT2D eigenvalue weighted by Crippen LogP contribution is -2.43. The van der Waals surface area contributed by atoms with Crippen LogP contribution in [0.3, 0.4) is 0 Å². The van der Waals surface area contributed by atoms with Gasteiger partial charge in [-0.05, 0) is 24.3 Å². The number of nitrogens with one attached hydrogen (secondary N) is 2. The molecule has 1 aromatic carbocycles. The van der Waals surface area contributed by atoms with Crippen molar-refractivity contribution in [1.29, 1.82) is 5.26 Å². The molecule has 134 valence electrons. The number of Topliss-reactive ketones (excluding diaryl/α,β-unsaturated/α-hetero) is 1. The number of carbonyl (C=O) groups is 3. The van der Waals surface area contributed by atoms with Gasteiger partial charge in [0.2, 0.25) is 5.91 Å². The number of ketones is 1. The molecule has 0 saturated heterocycles. The van der Waals surface area contributed by atoms with Gasteiger partial charge in [-0.25, -0.2) is 0 Å². The molecule has 9 heteroatoms.